The van der Waals surface area contributed by atoms with Gasteiger partial charge < -0.3 is 14.7 Å². The number of anilines is 1. The molecule has 25 heavy (non-hydrogen) atoms. The Hall–Kier alpha value is -2.04. The maximum absolute atomic E-state index is 12.8. The Morgan fingerprint density at radius 2 is 1.52 bits per heavy atom. The molecule has 0 aliphatic carbocycles. The summed E-state index contributed by atoms with van der Waals surface area (Å²) < 4.78 is 0. The zero-order valence-corrected chi connectivity index (χ0v) is 16.0. The van der Waals surface area contributed by atoms with Crippen molar-refractivity contribution in [1.82, 2.24) is 9.80 Å². The van der Waals surface area contributed by atoms with Gasteiger partial charge in [-0.2, -0.15) is 0 Å². The summed E-state index contributed by atoms with van der Waals surface area (Å²) >= 11 is 0. The van der Waals surface area contributed by atoms with Gasteiger partial charge in [0.2, 0.25) is 5.91 Å². The molecule has 2 rings (SSSR count). The highest BCUT2D eigenvalue weighted by molar-refractivity contribution is 5.94. The van der Waals surface area contributed by atoms with Crippen LogP contribution in [0.4, 0.5) is 5.69 Å². The molecule has 0 atom stereocenters. The minimum absolute atomic E-state index is 0.0575. The van der Waals surface area contributed by atoms with Gasteiger partial charge in [-0.05, 0) is 43.5 Å². The zero-order valence-electron chi connectivity index (χ0n) is 16.0. The molecule has 1 fully saturated rings. The summed E-state index contributed by atoms with van der Waals surface area (Å²) in [5, 5.41) is 0. The number of rotatable bonds is 5. The lowest BCUT2D eigenvalue weighted by Crippen LogP contribution is -2.39. The Morgan fingerprint density at radius 1 is 0.960 bits per heavy atom. The van der Waals surface area contributed by atoms with E-state index in [1.807, 2.05) is 53.1 Å². The molecule has 1 aromatic rings. The molecular weight excluding hydrogens is 314 g/mol. The van der Waals surface area contributed by atoms with Gasteiger partial charge in [-0.15, -0.1) is 0 Å². The fraction of sp³-hybridized carbons (Fsp3) is 0.600. The van der Waals surface area contributed by atoms with E-state index < -0.39 is 0 Å². The summed E-state index contributed by atoms with van der Waals surface area (Å²) in [5.74, 6) is 0.414. The number of nitrogens with zero attached hydrogens (tertiary/aromatic N) is 3. The van der Waals surface area contributed by atoms with Gasteiger partial charge in [-0.25, -0.2) is 0 Å². The van der Waals surface area contributed by atoms with Crippen molar-refractivity contribution in [1.29, 1.82) is 0 Å². The van der Waals surface area contributed by atoms with Crippen molar-refractivity contribution >= 4 is 17.5 Å². The van der Waals surface area contributed by atoms with E-state index in [4.69, 9.17) is 0 Å². The van der Waals surface area contributed by atoms with Crippen LogP contribution in [0.15, 0.2) is 24.3 Å². The molecule has 0 bridgehead atoms. The molecule has 5 heteroatoms. The summed E-state index contributed by atoms with van der Waals surface area (Å²) in [6, 6.07) is 7.70. The second kappa shape index (κ2) is 8.88. The Bertz CT molecular complexity index is 579. The largest absolute Gasteiger partial charge is 0.378 e. The number of hydrogen-bond acceptors (Lipinski definition) is 3. The molecule has 5 nitrogen and oxygen atoms in total. The summed E-state index contributed by atoms with van der Waals surface area (Å²) in [5.41, 5.74) is 1.79. The third-order valence-electron chi connectivity index (χ3n) is 5.06. The second-order valence-electron chi connectivity index (χ2n) is 6.93. The van der Waals surface area contributed by atoms with E-state index in [0.717, 1.165) is 31.5 Å². The van der Waals surface area contributed by atoms with Crippen LogP contribution in [0, 0.1) is 5.92 Å². The predicted octanol–water partition coefficient (Wildman–Crippen LogP) is 2.86. The van der Waals surface area contributed by atoms with Crippen LogP contribution in [0.5, 0.6) is 0 Å². The van der Waals surface area contributed by atoms with Crippen molar-refractivity contribution in [2.45, 2.75) is 33.1 Å². The van der Waals surface area contributed by atoms with E-state index in [9.17, 15) is 9.59 Å². The molecular formula is C20H31N3O2. The Labute approximate surface area is 151 Å². The molecule has 0 radical (unpaired) electrons. The molecule has 1 heterocycles. The molecule has 0 N–H and O–H groups in total. The maximum atomic E-state index is 12.8. The predicted molar refractivity (Wildman–Crippen MR) is 102 cm³/mol. The van der Waals surface area contributed by atoms with Crippen molar-refractivity contribution < 1.29 is 9.59 Å². The lowest BCUT2D eigenvalue weighted by Gasteiger charge is -2.25. The van der Waals surface area contributed by atoms with Gasteiger partial charge in [-0.3, -0.25) is 9.59 Å². The first-order valence-corrected chi connectivity index (χ1v) is 9.33. The molecule has 1 aromatic carbocycles. The van der Waals surface area contributed by atoms with E-state index in [-0.39, 0.29) is 17.7 Å². The van der Waals surface area contributed by atoms with Gasteiger partial charge in [0.25, 0.3) is 5.91 Å². The van der Waals surface area contributed by atoms with E-state index >= 15 is 0 Å². The first-order chi connectivity index (χ1) is 12.0. The average molecular weight is 345 g/mol. The quantitative estimate of drug-likeness (QED) is 0.824. The molecule has 2 amide bonds. The monoisotopic (exact) mass is 345 g/mol. The highest BCUT2D eigenvalue weighted by Crippen LogP contribution is 2.17. The fourth-order valence-electron chi connectivity index (χ4n) is 3.32. The number of hydrogen-bond donors (Lipinski definition) is 0. The summed E-state index contributed by atoms with van der Waals surface area (Å²) in [4.78, 5) is 31.2. The molecule has 1 aliphatic rings. The van der Waals surface area contributed by atoms with E-state index in [0.29, 0.717) is 25.2 Å². The summed E-state index contributed by atoms with van der Waals surface area (Å²) in [7, 11) is 3.97. The molecule has 0 saturated carbocycles. The van der Waals surface area contributed by atoms with E-state index in [1.165, 1.54) is 0 Å². The van der Waals surface area contributed by atoms with Crippen molar-refractivity contribution in [2.24, 2.45) is 5.92 Å². The standard InChI is InChI=1S/C20H31N3O2/c1-5-16(6-2)19(24)22-12-7-13-23(15-14-22)20(25)17-8-10-18(11-9-17)21(3)4/h8-11,16H,5-7,12-15H2,1-4H3. The zero-order chi connectivity index (χ0) is 18.4. The van der Waals surface area contributed by atoms with Crippen molar-refractivity contribution in [2.75, 3.05) is 45.2 Å². The van der Waals surface area contributed by atoms with Crippen LogP contribution in [0.3, 0.4) is 0 Å². The fourth-order valence-corrected chi connectivity index (χ4v) is 3.32. The van der Waals surface area contributed by atoms with Crippen LogP contribution in [-0.4, -0.2) is 61.9 Å². The average Bonchev–Trinajstić information content (AvgIpc) is 2.88. The lowest BCUT2D eigenvalue weighted by molar-refractivity contribution is -0.135. The van der Waals surface area contributed by atoms with Crippen molar-refractivity contribution in [3.8, 4) is 0 Å². The Morgan fingerprint density at radius 3 is 2.08 bits per heavy atom. The minimum Gasteiger partial charge on any atom is -0.378 e. The Balaban J connectivity index is 2.00. The molecule has 138 valence electrons. The smallest absolute Gasteiger partial charge is 0.253 e. The molecule has 0 unspecified atom stereocenters. The molecule has 0 spiro atoms. The van der Waals surface area contributed by atoms with Gasteiger partial charge in [-0.1, -0.05) is 13.8 Å². The normalized spacial score (nSPS) is 15.2. The third kappa shape index (κ3) is 4.74. The number of carbonyl (C=O) groups excluding carboxylic acids is 2. The lowest BCUT2D eigenvalue weighted by atomic mass is 10.0. The second-order valence-corrected chi connectivity index (χ2v) is 6.93. The van der Waals surface area contributed by atoms with Gasteiger partial charge in [0.1, 0.15) is 0 Å². The van der Waals surface area contributed by atoms with Crippen LogP contribution in [0.25, 0.3) is 0 Å². The highest BCUT2D eigenvalue weighted by Gasteiger charge is 2.25. The van der Waals surface area contributed by atoms with E-state index in [1.54, 1.807) is 0 Å². The van der Waals surface area contributed by atoms with Crippen LogP contribution in [0.2, 0.25) is 0 Å². The third-order valence-corrected chi connectivity index (χ3v) is 5.06. The van der Waals surface area contributed by atoms with Crippen LogP contribution >= 0.6 is 0 Å². The maximum Gasteiger partial charge on any atom is 0.253 e. The summed E-state index contributed by atoms with van der Waals surface area (Å²) in [6.45, 7) is 6.84. The minimum atomic E-state index is 0.0575. The number of amides is 2. The van der Waals surface area contributed by atoms with Crippen LogP contribution in [-0.2, 0) is 4.79 Å². The first kappa shape index (κ1) is 19.3. The van der Waals surface area contributed by atoms with Crippen molar-refractivity contribution in [3.63, 3.8) is 0 Å². The van der Waals surface area contributed by atoms with Crippen molar-refractivity contribution in [3.05, 3.63) is 29.8 Å². The number of benzene rings is 1. The molecule has 0 aromatic heterocycles. The number of carbonyl (C=O) groups is 2. The Kier molecular flexibility index (Phi) is 6.85. The molecule has 1 saturated heterocycles. The van der Waals surface area contributed by atoms with E-state index in [2.05, 4.69) is 13.8 Å². The van der Waals surface area contributed by atoms with Gasteiger partial charge >= 0.3 is 0 Å². The summed E-state index contributed by atoms with van der Waals surface area (Å²) in [6.07, 6.45) is 2.60. The van der Waals surface area contributed by atoms with Crippen LogP contribution in [0.1, 0.15) is 43.5 Å². The molecule has 1 aliphatic heterocycles. The van der Waals surface area contributed by atoms with Crippen LogP contribution < -0.4 is 4.90 Å². The first-order valence-electron chi connectivity index (χ1n) is 9.33. The van der Waals surface area contributed by atoms with Gasteiger partial charge in [0, 0.05) is 57.4 Å². The SMILES string of the molecule is CCC(CC)C(=O)N1CCCN(C(=O)c2ccc(N(C)C)cc2)CC1. The van der Waals surface area contributed by atoms with Gasteiger partial charge in [0.05, 0.1) is 0 Å². The highest BCUT2D eigenvalue weighted by atomic mass is 16.2. The van der Waals surface area contributed by atoms with Gasteiger partial charge in [0.15, 0.2) is 0 Å². The topological polar surface area (TPSA) is 43.9 Å².